The number of hydrogen-bond donors (Lipinski definition) is 1. The molecule has 1 aromatic heterocycles. The lowest BCUT2D eigenvalue weighted by atomic mass is 10.1. The van der Waals surface area contributed by atoms with Gasteiger partial charge in [0.2, 0.25) is 0 Å². The van der Waals surface area contributed by atoms with Gasteiger partial charge in [0, 0.05) is 13.6 Å². The van der Waals surface area contributed by atoms with Crippen molar-refractivity contribution in [3.63, 3.8) is 0 Å². The maximum atomic E-state index is 12.3. The van der Waals surface area contributed by atoms with Gasteiger partial charge < -0.3 is 10.2 Å². The Morgan fingerprint density at radius 1 is 1.52 bits per heavy atom. The minimum Gasteiger partial charge on any atom is -0.340 e. The Hall–Kier alpha value is -1.14. The SMILES string of the molecule is CCC(C)CN(C)C(=O)c1cn(C2CCNCC2)nn1.Cl. The van der Waals surface area contributed by atoms with E-state index in [1.54, 1.807) is 11.1 Å². The van der Waals surface area contributed by atoms with Crippen molar-refractivity contribution in [1.82, 2.24) is 25.2 Å². The second-order valence-electron chi connectivity index (χ2n) is 5.76. The zero-order valence-corrected chi connectivity index (χ0v) is 13.9. The molecule has 1 aliphatic rings. The second kappa shape index (κ2) is 8.34. The van der Waals surface area contributed by atoms with Gasteiger partial charge in [-0.2, -0.15) is 0 Å². The van der Waals surface area contributed by atoms with Crippen molar-refractivity contribution in [2.45, 2.75) is 39.2 Å². The summed E-state index contributed by atoms with van der Waals surface area (Å²) in [6, 6.07) is 0.366. The normalized spacial score (nSPS) is 17.1. The van der Waals surface area contributed by atoms with E-state index in [1.807, 2.05) is 11.7 Å². The molecule has 0 aromatic carbocycles. The van der Waals surface area contributed by atoms with E-state index in [4.69, 9.17) is 0 Å². The van der Waals surface area contributed by atoms with Gasteiger partial charge in [-0.25, -0.2) is 4.68 Å². The van der Waals surface area contributed by atoms with Gasteiger partial charge in [0.25, 0.3) is 5.91 Å². The van der Waals surface area contributed by atoms with Crippen molar-refractivity contribution in [2.24, 2.45) is 5.92 Å². The van der Waals surface area contributed by atoms with Gasteiger partial charge in [-0.05, 0) is 31.8 Å². The van der Waals surface area contributed by atoms with Gasteiger partial charge in [-0.1, -0.05) is 25.5 Å². The molecular formula is C14H26ClN5O. The Morgan fingerprint density at radius 2 is 2.19 bits per heavy atom. The summed E-state index contributed by atoms with van der Waals surface area (Å²) in [5.41, 5.74) is 0.453. The summed E-state index contributed by atoms with van der Waals surface area (Å²) in [6.07, 6.45) is 4.95. The summed E-state index contributed by atoms with van der Waals surface area (Å²) in [5, 5.41) is 11.5. The molecule has 0 spiro atoms. The number of nitrogens with zero attached hydrogens (tertiary/aromatic N) is 4. The van der Waals surface area contributed by atoms with E-state index in [9.17, 15) is 4.79 Å². The maximum absolute atomic E-state index is 12.3. The van der Waals surface area contributed by atoms with Crippen LogP contribution in [-0.2, 0) is 0 Å². The molecule has 1 aromatic rings. The third-order valence-corrected chi connectivity index (χ3v) is 4.04. The third kappa shape index (κ3) is 4.68. The zero-order valence-electron chi connectivity index (χ0n) is 13.1. The van der Waals surface area contributed by atoms with E-state index < -0.39 is 0 Å². The average molecular weight is 316 g/mol. The fraction of sp³-hybridized carbons (Fsp3) is 0.786. The Bertz CT molecular complexity index is 444. The van der Waals surface area contributed by atoms with Crippen molar-refractivity contribution in [1.29, 1.82) is 0 Å². The molecule has 1 aliphatic heterocycles. The van der Waals surface area contributed by atoms with Crippen LogP contribution in [0.1, 0.15) is 49.6 Å². The molecule has 1 atom stereocenters. The van der Waals surface area contributed by atoms with Crippen LogP contribution in [-0.4, -0.2) is 52.5 Å². The van der Waals surface area contributed by atoms with Crippen LogP contribution in [0.25, 0.3) is 0 Å². The molecule has 0 aliphatic carbocycles. The number of nitrogens with one attached hydrogen (secondary N) is 1. The largest absolute Gasteiger partial charge is 0.340 e. The first-order valence-electron chi connectivity index (χ1n) is 7.49. The van der Waals surface area contributed by atoms with Gasteiger partial charge in [-0.3, -0.25) is 4.79 Å². The average Bonchev–Trinajstić information content (AvgIpc) is 2.97. The minimum absolute atomic E-state index is 0. The highest BCUT2D eigenvalue weighted by molar-refractivity contribution is 5.91. The van der Waals surface area contributed by atoms with Crippen LogP contribution in [0.3, 0.4) is 0 Å². The molecule has 1 unspecified atom stereocenters. The Kier molecular flexibility index (Phi) is 7.11. The molecule has 0 bridgehead atoms. The Labute approximate surface area is 132 Å². The van der Waals surface area contributed by atoms with Crippen molar-refractivity contribution in [3.05, 3.63) is 11.9 Å². The van der Waals surface area contributed by atoms with Crippen LogP contribution in [0.4, 0.5) is 0 Å². The monoisotopic (exact) mass is 315 g/mol. The quantitative estimate of drug-likeness (QED) is 0.899. The molecule has 0 saturated carbocycles. The second-order valence-corrected chi connectivity index (χ2v) is 5.76. The van der Waals surface area contributed by atoms with Gasteiger partial charge in [-0.15, -0.1) is 17.5 Å². The topological polar surface area (TPSA) is 63.1 Å². The van der Waals surface area contributed by atoms with Crippen molar-refractivity contribution >= 4 is 18.3 Å². The molecule has 1 saturated heterocycles. The van der Waals surface area contributed by atoms with Gasteiger partial charge in [0.15, 0.2) is 5.69 Å². The third-order valence-electron chi connectivity index (χ3n) is 4.04. The van der Waals surface area contributed by atoms with Crippen molar-refractivity contribution < 1.29 is 4.79 Å². The number of hydrogen-bond acceptors (Lipinski definition) is 4. The lowest BCUT2D eigenvalue weighted by Gasteiger charge is -2.22. The van der Waals surface area contributed by atoms with E-state index in [2.05, 4.69) is 29.5 Å². The number of rotatable bonds is 5. The lowest BCUT2D eigenvalue weighted by molar-refractivity contribution is 0.0769. The number of piperidine rings is 1. The molecule has 21 heavy (non-hydrogen) atoms. The van der Waals surface area contributed by atoms with Crippen LogP contribution in [0, 0.1) is 5.92 Å². The predicted octanol–water partition coefficient (Wildman–Crippen LogP) is 1.74. The fourth-order valence-corrected chi connectivity index (χ4v) is 2.50. The van der Waals surface area contributed by atoms with E-state index in [0.29, 0.717) is 17.7 Å². The molecule has 1 N–H and O–H groups in total. The molecule has 2 heterocycles. The number of carbonyl (C=O) groups excluding carboxylic acids is 1. The van der Waals surface area contributed by atoms with E-state index in [0.717, 1.165) is 38.9 Å². The standard InChI is InChI=1S/C14H25N5O.ClH/c1-4-11(2)9-18(3)14(20)13-10-19(17-16-13)12-5-7-15-8-6-12;/h10-12,15H,4-9H2,1-3H3;1H. The van der Waals surface area contributed by atoms with Crippen LogP contribution < -0.4 is 5.32 Å². The number of aromatic nitrogens is 3. The molecular weight excluding hydrogens is 290 g/mol. The highest BCUT2D eigenvalue weighted by Crippen LogP contribution is 2.17. The lowest BCUT2D eigenvalue weighted by Crippen LogP contribution is -2.31. The molecule has 1 amide bonds. The molecule has 120 valence electrons. The summed E-state index contributed by atoms with van der Waals surface area (Å²) < 4.78 is 1.85. The Balaban J connectivity index is 0.00000220. The summed E-state index contributed by atoms with van der Waals surface area (Å²) in [7, 11) is 1.83. The highest BCUT2D eigenvalue weighted by atomic mass is 35.5. The number of amides is 1. The van der Waals surface area contributed by atoms with Crippen molar-refractivity contribution in [2.75, 3.05) is 26.7 Å². The molecule has 1 fully saturated rings. The van der Waals surface area contributed by atoms with Gasteiger partial charge >= 0.3 is 0 Å². The Morgan fingerprint density at radius 3 is 2.81 bits per heavy atom. The van der Waals surface area contributed by atoms with Gasteiger partial charge in [0.1, 0.15) is 0 Å². The molecule has 2 rings (SSSR count). The fourth-order valence-electron chi connectivity index (χ4n) is 2.50. The van der Waals surface area contributed by atoms with Crippen LogP contribution in [0.2, 0.25) is 0 Å². The van der Waals surface area contributed by atoms with Crippen LogP contribution in [0.15, 0.2) is 6.20 Å². The molecule has 7 heteroatoms. The summed E-state index contributed by atoms with van der Waals surface area (Å²) >= 11 is 0. The summed E-state index contributed by atoms with van der Waals surface area (Å²) in [4.78, 5) is 14.0. The van der Waals surface area contributed by atoms with Crippen molar-refractivity contribution in [3.8, 4) is 0 Å². The van der Waals surface area contributed by atoms with E-state index >= 15 is 0 Å². The van der Waals surface area contributed by atoms with Gasteiger partial charge in [0.05, 0.1) is 12.2 Å². The summed E-state index contributed by atoms with van der Waals surface area (Å²) in [6.45, 7) is 7.05. The maximum Gasteiger partial charge on any atom is 0.275 e. The number of halogens is 1. The van der Waals surface area contributed by atoms with Crippen LogP contribution >= 0.6 is 12.4 Å². The van der Waals surface area contributed by atoms with E-state index in [-0.39, 0.29) is 18.3 Å². The highest BCUT2D eigenvalue weighted by Gasteiger charge is 2.21. The van der Waals surface area contributed by atoms with E-state index in [1.165, 1.54) is 0 Å². The minimum atomic E-state index is -0.0366. The number of carbonyl (C=O) groups is 1. The summed E-state index contributed by atoms with van der Waals surface area (Å²) in [5.74, 6) is 0.467. The molecule has 0 radical (unpaired) electrons. The predicted molar refractivity (Wildman–Crippen MR) is 84.8 cm³/mol. The molecule has 6 nitrogen and oxygen atoms in total. The zero-order chi connectivity index (χ0) is 14.5. The first-order chi connectivity index (χ1) is 9.61. The first-order valence-corrected chi connectivity index (χ1v) is 7.49. The first kappa shape index (κ1) is 17.9. The smallest absolute Gasteiger partial charge is 0.275 e. The van der Waals surface area contributed by atoms with Crippen LogP contribution in [0.5, 0.6) is 0 Å².